The maximum atomic E-state index is 11.0. The third-order valence-electron chi connectivity index (χ3n) is 1.78. The fraction of sp³-hybridized carbons (Fsp3) is 0.750. The third-order valence-corrected chi connectivity index (χ3v) is 1.78. The third kappa shape index (κ3) is 5.95. The Morgan fingerprint density at radius 1 is 1.54 bits per heavy atom. The van der Waals surface area contributed by atoms with Crippen molar-refractivity contribution in [3.63, 3.8) is 0 Å². The van der Waals surface area contributed by atoms with Gasteiger partial charge in [-0.05, 0) is 12.8 Å². The van der Waals surface area contributed by atoms with E-state index in [1.54, 1.807) is 7.05 Å². The average Bonchev–Trinajstić information content (AvgIpc) is 2.10. The molecule has 1 unspecified atom stereocenters. The minimum atomic E-state index is 0.0270. The van der Waals surface area contributed by atoms with E-state index in [0.717, 1.165) is 12.8 Å². The summed E-state index contributed by atoms with van der Waals surface area (Å²) in [6, 6.07) is 0. The first-order valence-corrected chi connectivity index (χ1v) is 4.35. The Labute approximate surface area is 78.6 Å². The van der Waals surface area contributed by atoms with Gasteiger partial charge in [-0.25, -0.2) is 0 Å². The highest BCUT2D eigenvalue weighted by molar-refractivity contribution is 5.77. The van der Waals surface area contributed by atoms with E-state index < -0.39 is 0 Å². The number of hydrogen-bond donors (Lipinski definition) is 3. The maximum absolute atomic E-state index is 11.0. The van der Waals surface area contributed by atoms with Gasteiger partial charge in [0.05, 0.1) is 0 Å². The molecule has 0 aromatic heterocycles. The molecule has 0 heterocycles. The van der Waals surface area contributed by atoms with E-state index >= 15 is 0 Å². The van der Waals surface area contributed by atoms with Crippen molar-refractivity contribution in [2.45, 2.75) is 19.8 Å². The summed E-state index contributed by atoms with van der Waals surface area (Å²) in [4.78, 5) is 14.9. The van der Waals surface area contributed by atoms with Gasteiger partial charge >= 0.3 is 0 Å². The zero-order chi connectivity index (χ0) is 10.3. The van der Waals surface area contributed by atoms with Gasteiger partial charge in [-0.2, -0.15) is 0 Å². The van der Waals surface area contributed by atoms with E-state index in [2.05, 4.69) is 10.3 Å². The molecule has 0 saturated heterocycles. The molecule has 13 heavy (non-hydrogen) atoms. The number of amides is 1. The zero-order valence-corrected chi connectivity index (χ0v) is 8.21. The number of nitrogens with two attached hydrogens (primary N) is 2. The van der Waals surface area contributed by atoms with Crippen molar-refractivity contribution in [1.82, 2.24) is 5.32 Å². The quantitative estimate of drug-likeness (QED) is 0.305. The van der Waals surface area contributed by atoms with Crippen molar-refractivity contribution in [2.24, 2.45) is 22.4 Å². The number of hydrogen-bond acceptors (Lipinski definition) is 2. The largest absolute Gasteiger partial charge is 0.370 e. The molecule has 0 aliphatic rings. The molecule has 1 atom stereocenters. The van der Waals surface area contributed by atoms with Crippen molar-refractivity contribution in [1.29, 1.82) is 0 Å². The van der Waals surface area contributed by atoms with Gasteiger partial charge < -0.3 is 16.8 Å². The summed E-state index contributed by atoms with van der Waals surface area (Å²) < 4.78 is 0. The molecule has 1 amide bonds. The molecule has 76 valence electrons. The first-order chi connectivity index (χ1) is 6.07. The second-order valence-electron chi connectivity index (χ2n) is 2.96. The van der Waals surface area contributed by atoms with Crippen LogP contribution in [0.5, 0.6) is 0 Å². The smallest absolute Gasteiger partial charge is 0.222 e. The molecule has 0 rings (SSSR count). The SMILES string of the molecule is CNC(=O)C(C)CCCN=C(N)N. The van der Waals surface area contributed by atoms with E-state index in [-0.39, 0.29) is 17.8 Å². The van der Waals surface area contributed by atoms with Gasteiger partial charge in [0.25, 0.3) is 0 Å². The molecule has 5 heteroatoms. The van der Waals surface area contributed by atoms with Gasteiger partial charge in [0.1, 0.15) is 0 Å². The molecule has 0 fully saturated rings. The standard InChI is InChI=1S/C8H18N4O/c1-6(7(13)11-2)4-3-5-12-8(9)10/h6H,3-5H2,1-2H3,(H,11,13)(H4,9,10,12). The summed E-state index contributed by atoms with van der Waals surface area (Å²) in [6.45, 7) is 2.47. The van der Waals surface area contributed by atoms with Crippen molar-refractivity contribution in [3.05, 3.63) is 0 Å². The molecule has 5 N–H and O–H groups in total. The van der Waals surface area contributed by atoms with E-state index in [1.165, 1.54) is 0 Å². The fourth-order valence-electron chi connectivity index (χ4n) is 0.983. The Morgan fingerprint density at radius 3 is 2.62 bits per heavy atom. The minimum absolute atomic E-state index is 0.0270. The van der Waals surface area contributed by atoms with E-state index in [0.29, 0.717) is 6.54 Å². The Balaban J connectivity index is 3.53. The lowest BCUT2D eigenvalue weighted by atomic mass is 10.1. The lowest BCUT2D eigenvalue weighted by Crippen LogP contribution is -2.25. The minimum Gasteiger partial charge on any atom is -0.370 e. The van der Waals surface area contributed by atoms with Crippen molar-refractivity contribution < 1.29 is 4.79 Å². The van der Waals surface area contributed by atoms with Crippen LogP contribution >= 0.6 is 0 Å². The summed E-state index contributed by atoms with van der Waals surface area (Å²) in [6.07, 6.45) is 1.63. The summed E-state index contributed by atoms with van der Waals surface area (Å²) in [5.41, 5.74) is 10.3. The first kappa shape index (κ1) is 11.7. The normalized spacial score (nSPS) is 11.8. The Kier molecular flexibility index (Phi) is 5.67. The number of carbonyl (C=O) groups excluding carboxylic acids is 1. The first-order valence-electron chi connectivity index (χ1n) is 4.35. The van der Waals surface area contributed by atoms with Crippen LogP contribution in [0.4, 0.5) is 0 Å². The van der Waals surface area contributed by atoms with Gasteiger partial charge in [0.15, 0.2) is 5.96 Å². The molecule has 0 spiro atoms. The number of nitrogens with zero attached hydrogens (tertiary/aromatic N) is 1. The molecule has 5 nitrogen and oxygen atoms in total. The van der Waals surface area contributed by atoms with Crippen LogP contribution in [0.2, 0.25) is 0 Å². The number of rotatable bonds is 5. The molecule has 0 radical (unpaired) electrons. The van der Waals surface area contributed by atoms with Crippen LogP contribution in [0.25, 0.3) is 0 Å². The van der Waals surface area contributed by atoms with Crippen LogP contribution < -0.4 is 16.8 Å². The number of guanidine groups is 1. The molecule has 0 aliphatic heterocycles. The van der Waals surface area contributed by atoms with E-state index in [4.69, 9.17) is 11.5 Å². The van der Waals surface area contributed by atoms with Gasteiger partial charge in [-0.1, -0.05) is 6.92 Å². The summed E-state index contributed by atoms with van der Waals surface area (Å²) in [5.74, 6) is 0.191. The molecule has 0 aromatic carbocycles. The highest BCUT2D eigenvalue weighted by atomic mass is 16.1. The Morgan fingerprint density at radius 2 is 2.15 bits per heavy atom. The molecular formula is C8H18N4O. The molecular weight excluding hydrogens is 168 g/mol. The lowest BCUT2D eigenvalue weighted by Gasteiger charge is -2.07. The molecule has 0 aromatic rings. The van der Waals surface area contributed by atoms with Gasteiger partial charge in [0, 0.05) is 19.5 Å². The van der Waals surface area contributed by atoms with Crippen molar-refractivity contribution in [3.8, 4) is 0 Å². The van der Waals surface area contributed by atoms with Crippen molar-refractivity contribution >= 4 is 11.9 Å². The average molecular weight is 186 g/mol. The van der Waals surface area contributed by atoms with E-state index in [9.17, 15) is 4.79 Å². The van der Waals surface area contributed by atoms with Crippen LogP contribution in [0, 0.1) is 5.92 Å². The summed E-state index contributed by atoms with van der Waals surface area (Å²) >= 11 is 0. The van der Waals surface area contributed by atoms with Gasteiger partial charge in [-0.3, -0.25) is 9.79 Å². The summed E-state index contributed by atoms with van der Waals surface area (Å²) in [5, 5.41) is 2.59. The second-order valence-corrected chi connectivity index (χ2v) is 2.96. The van der Waals surface area contributed by atoms with Crippen molar-refractivity contribution in [2.75, 3.05) is 13.6 Å². The van der Waals surface area contributed by atoms with E-state index in [1.807, 2.05) is 6.92 Å². The predicted octanol–water partition coefficient (Wildman–Crippen LogP) is -0.578. The number of nitrogens with one attached hydrogen (secondary N) is 1. The lowest BCUT2D eigenvalue weighted by molar-refractivity contribution is -0.124. The van der Waals surface area contributed by atoms with Crippen LogP contribution in [0.15, 0.2) is 4.99 Å². The molecule has 0 aliphatic carbocycles. The van der Waals surface area contributed by atoms with Crippen LogP contribution in [-0.2, 0) is 4.79 Å². The number of aliphatic imine (C=N–C) groups is 1. The van der Waals surface area contributed by atoms with Crippen LogP contribution in [-0.4, -0.2) is 25.5 Å². The fourth-order valence-corrected chi connectivity index (χ4v) is 0.983. The summed E-state index contributed by atoms with van der Waals surface area (Å²) in [7, 11) is 1.63. The predicted molar refractivity (Wildman–Crippen MR) is 53.1 cm³/mol. The Hall–Kier alpha value is -1.26. The highest BCUT2D eigenvalue weighted by Crippen LogP contribution is 2.04. The topological polar surface area (TPSA) is 93.5 Å². The Bertz CT molecular complexity index is 187. The molecule has 0 bridgehead atoms. The highest BCUT2D eigenvalue weighted by Gasteiger charge is 2.09. The zero-order valence-electron chi connectivity index (χ0n) is 8.21. The number of carbonyl (C=O) groups is 1. The van der Waals surface area contributed by atoms with Crippen LogP contribution in [0.1, 0.15) is 19.8 Å². The molecule has 0 saturated carbocycles. The van der Waals surface area contributed by atoms with Gasteiger partial charge in [0.2, 0.25) is 5.91 Å². The monoisotopic (exact) mass is 186 g/mol. The van der Waals surface area contributed by atoms with Gasteiger partial charge in [-0.15, -0.1) is 0 Å². The second kappa shape index (κ2) is 6.28. The maximum Gasteiger partial charge on any atom is 0.222 e. The van der Waals surface area contributed by atoms with Crippen LogP contribution in [0.3, 0.4) is 0 Å².